The van der Waals surface area contributed by atoms with Crippen LogP contribution < -0.4 is 0 Å². The average molecular weight is 213 g/mol. The van der Waals surface area contributed by atoms with Crippen molar-refractivity contribution < 1.29 is 0 Å². The van der Waals surface area contributed by atoms with Gasteiger partial charge in [0.2, 0.25) is 0 Å². The second kappa shape index (κ2) is 3.40. The Kier molecular flexibility index (Phi) is 2.72. The number of benzene rings is 1. The molecule has 1 rings (SSSR count). The van der Waals surface area contributed by atoms with Crippen molar-refractivity contribution in [3.8, 4) is 0 Å². The Hall–Kier alpha value is -0.300. The van der Waals surface area contributed by atoms with Crippen LogP contribution >= 0.6 is 15.9 Å². The van der Waals surface area contributed by atoms with E-state index in [2.05, 4.69) is 48.8 Å². The van der Waals surface area contributed by atoms with Gasteiger partial charge in [0.1, 0.15) is 0 Å². The minimum absolute atomic E-state index is 1.10. The summed E-state index contributed by atoms with van der Waals surface area (Å²) in [6.07, 6.45) is 1.10. The Bertz CT molecular complexity index is 264. The third-order valence-corrected chi connectivity index (χ3v) is 2.99. The van der Waals surface area contributed by atoms with Gasteiger partial charge in [-0.3, -0.25) is 0 Å². The standard InChI is InChI=1S/C10H13Br/c1-4-9-6-7(2)5-8(3)10(9)11/h5-6H,4H2,1-3H3. The van der Waals surface area contributed by atoms with Crippen molar-refractivity contribution >= 4 is 15.9 Å². The molecule has 0 unspecified atom stereocenters. The van der Waals surface area contributed by atoms with Gasteiger partial charge in [0, 0.05) is 4.47 Å². The Morgan fingerprint density at radius 3 is 2.45 bits per heavy atom. The molecule has 0 saturated heterocycles. The SMILES string of the molecule is CCc1cc(C)cc(C)c1Br. The molecule has 0 atom stereocenters. The molecule has 0 aliphatic heterocycles. The van der Waals surface area contributed by atoms with E-state index in [-0.39, 0.29) is 0 Å². The first kappa shape index (κ1) is 8.79. The molecule has 0 N–H and O–H groups in total. The maximum atomic E-state index is 3.57. The van der Waals surface area contributed by atoms with E-state index in [0.29, 0.717) is 0 Å². The minimum Gasteiger partial charge on any atom is -0.0613 e. The fraction of sp³-hybridized carbons (Fsp3) is 0.400. The van der Waals surface area contributed by atoms with E-state index in [9.17, 15) is 0 Å². The summed E-state index contributed by atoms with van der Waals surface area (Å²) in [6, 6.07) is 4.43. The summed E-state index contributed by atoms with van der Waals surface area (Å²) in [6.45, 7) is 6.45. The quantitative estimate of drug-likeness (QED) is 0.668. The van der Waals surface area contributed by atoms with Crippen LogP contribution in [0.25, 0.3) is 0 Å². The van der Waals surface area contributed by atoms with Gasteiger partial charge in [-0.05, 0) is 31.4 Å². The first-order valence-corrected chi connectivity index (χ1v) is 4.70. The summed E-state index contributed by atoms with van der Waals surface area (Å²) in [4.78, 5) is 0. The monoisotopic (exact) mass is 212 g/mol. The molecule has 0 nitrogen and oxygen atoms in total. The van der Waals surface area contributed by atoms with Crippen LogP contribution in [0, 0.1) is 13.8 Å². The molecule has 0 spiro atoms. The molecular formula is C10H13Br. The normalized spacial score (nSPS) is 10.2. The summed E-state index contributed by atoms with van der Waals surface area (Å²) in [7, 11) is 0. The lowest BCUT2D eigenvalue weighted by Gasteiger charge is -2.05. The van der Waals surface area contributed by atoms with E-state index >= 15 is 0 Å². The number of rotatable bonds is 1. The minimum atomic E-state index is 1.10. The molecule has 0 amide bonds. The highest BCUT2D eigenvalue weighted by Crippen LogP contribution is 2.23. The van der Waals surface area contributed by atoms with E-state index < -0.39 is 0 Å². The highest BCUT2D eigenvalue weighted by molar-refractivity contribution is 9.10. The zero-order valence-electron chi connectivity index (χ0n) is 7.24. The summed E-state index contributed by atoms with van der Waals surface area (Å²) in [5.74, 6) is 0. The zero-order valence-corrected chi connectivity index (χ0v) is 8.83. The molecule has 0 bridgehead atoms. The van der Waals surface area contributed by atoms with Gasteiger partial charge in [-0.25, -0.2) is 0 Å². The largest absolute Gasteiger partial charge is 0.0613 e. The van der Waals surface area contributed by atoms with Crippen molar-refractivity contribution in [3.63, 3.8) is 0 Å². The van der Waals surface area contributed by atoms with Crippen molar-refractivity contribution in [2.75, 3.05) is 0 Å². The van der Waals surface area contributed by atoms with Gasteiger partial charge >= 0.3 is 0 Å². The summed E-state index contributed by atoms with van der Waals surface area (Å²) in [5.41, 5.74) is 4.09. The molecule has 0 saturated carbocycles. The fourth-order valence-electron chi connectivity index (χ4n) is 1.30. The molecular weight excluding hydrogens is 200 g/mol. The maximum absolute atomic E-state index is 3.57. The summed E-state index contributed by atoms with van der Waals surface area (Å²) < 4.78 is 1.27. The van der Waals surface area contributed by atoms with Gasteiger partial charge < -0.3 is 0 Å². The van der Waals surface area contributed by atoms with E-state index in [1.807, 2.05) is 0 Å². The van der Waals surface area contributed by atoms with Crippen molar-refractivity contribution in [1.29, 1.82) is 0 Å². The molecule has 11 heavy (non-hydrogen) atoms. The third-order valence-electron chi connectivity index (χ3n) is 1.86. The van der Waals surface area contributed by atoms with Crippen LogP contribution in [0.2, 0.25) is 0 Å². The number of halogens is 1. The highest BCUT2D eigenvalue weighted by atomic mass is 79.9. The van der Waals surface area contributed by atoms with Crippen molar-refractivity contribution in [2.45, 2.75) is 27.2 Å². The molecule has 1 aromatic rings. The molecule has 0 radical (unpaired) electrons. The van der Waals surface area contributed by atoms with Crippen LogP contribution in [-0.2, 0) is 6.42 Å². The van der Waals surface area contributed by atoms with Gasteiger partial charge in [0.25, 0.3) is 0 Å². The molecule has 0 aliphatic rings. The van der Waals surface area contributed by atoms with Crippen molar-refractivity contribution in [2.24, 2.45) is 0 Å². The van der Waals surface area contributed by atoms with Crippen LogP contribution in [0.5, 0.6) is 0 Å². The van der Waals surface area contributed by atoms with Crippen LogP contribution in [0.1, 0.15) is 23.6 Å². The molecule has 1 heteroatoms. The van der Waals surface area contributed by atoms with Crippen molar-refractivity contribution in [3.05, 3.63) is 33.3 Å². The third kappa shape index (κ3) is 1.84. The number of hydrogen-bond acceptors (Lipinski definition) is 0. The van der Waals surface area contributed by atoms with E-state index in [1.54, 1.807) is 0 Å². The predicted octanol–water partition coefficient (Wildman–Crippen LogP) is 3.63. The first-order valence-electron chi connectivity index (χ1n) is 3.90. The summed E-state index contributed by atoms with van der Waals surface area (Å²) >= 11 is 3.57. The molecule has 60 valence electrons. The molecule has 0 fully saturated rings. The summed E-state index contributed by atoms with van der Waals surface area (Å²) in [5, 5.41) is 0. The van der Waals surface area contributed by atoms with Gasteiger partial charge in [-0.2, -0.15) is 0 Å². The Morgan fingerprint density at radius 1 is 1.27 bits per heavy atom. The van der Waals surface area contributed by atoms with Crippen LogP contribution in [0.4, 0.5) is 0 Å². The number of hydrogen-bond donors (Lipinski definition) is 0. The van der Waals surface area contributed by atoms with Gasteiger partial charge in [0.15, 0.2) is 0 Å². The lowest BCUT2D eigenvalue weighted by molar-refractivity contribution is 1.10. The Labute approximate surface area is 76.8 Å². The van der Waals surface area contributed by atoms with Crippen LogP contribution in [0.15, 0.2) is 16.6 Å². The van der Waals surface area contributed by atoms with E-state index in [1.165, 1.54) is 21.2 Å². The van der Waals surface area contributed by atoms with E-state index in [4.69, 9.17) is 0 Å². The Morgan fingerprint density at radius 2 is 1.91 bits per heavy atom. The van der Waals surface area contributed by atoms with Gasteiger partial charge in [0.05, 0.1) is 0 Å². The molecule has 0 aromatic heterocycles. The topological polar surface area (TPSA) is 0 Å². The fourth-order valence-corrected chi connectivity index (χ4v) is 1.80. The highest BCUT2D eigenvalue weighted by Gasteiger charge is 2.00. The average Bonchev–Trinajstić information content (AvgIpc) is 1.96. The van der Waals surface area contributed by atoms with Crippen LogP contribution in [-0.4, -0.2) is 0 Å². The van der Waals surface area contributed by atoms with Crippen LogP contribution in [0.3, 0.4) is 0 Å². The number of aryl methyl sites for hydroxylation is 3. The smallest absolute Gasteiger partial charge is 0.0236 e. The lowest BCUT2D eigenvalue weighted by atomic mass is 10.1. The van der Waals surface area contributed by atoms with E-state index in [0.717, 1.165) is 6.42 Å². The predicted molar refractivity (Wildman–Crippen MR) is 53.0 cm³/mol. The van der Waals surface area contributed by atoms with Gasteiger partial charge in [-0.15, -0.1) is 0 Å². The zero-order chi connectivity index (χ0) is 8.43. The maximum Gasteiger partial charge on any atom is 0.0236 e. The molecule has 1 aromatic carbocycles. The molecule has 0 aliphatic carbocycles. The Balaban J connectivity index is 3.24. The first-order chi connectivity index (χ1) is 5.15. The lowest BCUT2D eigenvalue weighted by Crippen LogP contribution is -1.87. The molecule has 0 heterocycles. The van der Waals surface area contributed by atoms with Crippen molar-refractivity contribution in [1.82, 2.24) is 0 Å². The van der Waals surface area contributed by atoms with Gasteiger partial charge in [-0.1, -0.05) is 40.5 Å². The second-order valence-electron chi connectivity index (χ2n) is 2.91. The second-order valence-corrected chi connectivity index (χ2v) is 3.70.